The second-order valence-corrected chi connectivity index (χ2v) is 6.93. The van der Waals surface area contributed by atoms with Gasteiger partial charge in [-0.2, -0.15) is 0 Å². The molecule has 2 aromatic rings. The van der Waals surface area contributed by atoms with Crippen LogP contribution in [0.5, 0.6) is 0 Å². The highest BCUT2D eigenvalue weighted by Crippen LogP contribution is 2.42. The third kappa shape index (κ3) is 3.44. The van der Waals surface area contributed by atoms with Gasteiger partial charge >= 0.3 is 0 Å². The Bertz CT molecular complexity index is 847. The Labute approximate surface area is 156 Å². The van der Waals surface area contributed by atoms with E-state index in [4.69, 9.17) is 11.6 Å². The minimum atomic E-state index is -0.755. The van der Waals surface area contributed by atoms with Gasteiger partial charge in [-0.25, -0.2) is 4.39 Å². The van der Waals surface area contributed by atoms with E-state index in [1.807, 2.05) is 0 Å². The van der Waals surface area contributed by atoms with Gasteiger partial charge in [0, 0.05) is 12.7 Å². The van der Waals surface area contributed by atoms with Crippen LogP contribution >= 0.6 is 11.6 Å². The summed E-state index contributed by atoms with van der Waals surface area (Å²) in [5.41, 5.74) is 0.710. The third-order valence-corrected chi connectivity index (χ3v) is 5.29. The van der Waals surface area contributed by atoms with Crippen LogP contribution in [0, 0.1) is 5.82 Å². The largest absolute Gasteiger partial charge is 0.355 e. The van der Waals surface area contributed by atoms with Crippen molar-refractivity contribution in [2.75, 3.05) is 12.4 Å². The van der Waals surface area contributed by atoms with Crippen LogP contribution in [-0.4, -0.2) is 18.9 Å². The predicted octanol–water partition coefficient (Wildman–Crippen LogP) is 4.29. The second-order valence-electron chi connectivity index (χ2n) is 6.53. The maximum absolute atomic E-state index is 13.7. The molecule has 0 aromatic heterocycles. The molecule has 6 heteroatoms. The van der Waals surface area contributed by atoms with E-state index in [0.717, 1.165) is 12.8 Å². The van der Waals surface area contributed by atoms with Crippen molar-refractivity contribution in [3.05, 3.63) is 64.4 Å². The molecule has 0 saturated heterocycles. The number of benzene rings is 2. The number of amides is 2. The number of halogens is 2. The molecule has 136 valence electrons. The summed E-state index contributed by atoms with van der Waals surface area (Å²) in [6.07, 6.45) is 3.15. The van der Waals surface area contributed by atoms with E-state index in [1.54, 1.807) is 30.3 Å². The van der Waals surface area contributed by atoms with Gasteiger partial charge in [0.15, 0.2) is 0 Å². The molecular formula is C20H20ClFN2O2. The number of hydrogen-bond acceptors (Lipinski definition) is 2. The van der Waals surface area contributed by atoms with Crippen molar-refractivity contribution in [2.45, 2.75) is 31.1 Å². The van der Waals surface area contributed by atoms with Crippen molar-refractivity contribution in [3.8, 4) is 0 Å². The van der Waals surface area contributed by atoms with Crippen molar-refractivity contribution < 1.29 is 14.0 Å². The Kier molecular flexibility index (Phi) is 5.28. The van der Waals surface area contributed by atoms with Crippen LogP contribution < -0.4 is 10.6 Å². The molecular weight excluding hydrogens is 355 g/mol. The first-order valence-corrected chi connectivity index (χ1v) is 8.93. The van der Waals surface area contributed by atoms with Gasteiger partial charge in [-0.3, -0.25) is 9.59 Å². The van der Waals surface area contributed by atoms with Gasteiger partial charge in [0.05, 0.1) is 16.0 Å². The highest BCUT2D eigenvalue weighted by Gasteiger charge is 2.42. The molecule has 1 saturated carbocycles. The molecule has 1 aliphatic carbocycles. The van der Waals surface area contributed by atoms with Gasteiger partial charge in [-0.05, 0) is 48.7 Å². The van der Waals surface area contributed by atoms with Crippen molar-refractivity contribution in [1.82, 2.24) is 5.32 Å². The molecule has 26 heavy (non-hydrogen) atoms. The molecule has 2 N–H and O–H groups in total. The van der Waals surface area contributed by atoms with Gasteiger partial charge in [-0.15, -0.1) is 0 Å². The molecule has 2 amide bonds. The van der Waals surface area contributed by atoms with Crippen molar-refractivity contribution in [3.63, 3.8) is 0 Å². The molecule has 0 heterocycles. The van der Waals surface area contributed by atoms with E-state index >= 15 is 0 Å². The van der Waals surface area contributed by atoms with E-state index in [1.165, 1.54) is 19.2 Å². The molecule has 1 fully saturated rings. The number of carbonyl (C=O) groups is 2. The van der Waals surface area contributed by atoms with Crippen LogP contribution in [0.15, 0.2) is 42.5 Å². The van der Waals surface area contributed by atoms with E-state index in [2.05, 4.69) is 10.6 Å². The highest BCUT2D eigenvalue weighted by atomic mass is 35.5. The average molecular weight is 375 g/mol. The molecule has 0 spiro atoms. The van der Waals surface area contributed by atoms with Gasteiger partial charge < -0.3 is 10.6 Å². The fraction of sp³-hybridized carbons (Fsp3) is 0.300. The fourth-order valence-corrected chi connectivity index (χ4v) is 3.78. The van der Waals surface area contributed by atoms with Crippen LogP contribution in [0.2, 0.25) is 5.02 Å². The van der Waals surface area contributed by atoms with Gasteiger partial charge in [0.1, 0.15) is 5.82 Å². The second kappa shape index (κ2) is 7.46. The zero-order valence-corrected chi connectivity index (χ0v) is 15.2. The Morgan fingerprint density at radius 1 is 1.12 bits per heavy atom. The zero-order valence-electron chi connectivity index (χ0n) is 14.4. The molecule has 0 aliphatic heterocycles. The first-order valence-electron chi connectivity index (χ1n) is 8.55. The van der Waals surface area contributed by atoms with Gasteiger partial charge in [0.2, 0.25) is 5.91 Å². The minimum Gasteiger partial charge on any atom is -0.355 e. The standard InChI is InChI=1S/C20H20ClFN2O2/c1-23-18(25)16-12-15(7-8-17(16)21)24-19(26)20(9-2-3-10-20)13-5-4-6-14(22)11-13/h4-8,11-12H,2-3,9-10H2,1H3,(H,23,25)(H,24,26). The summed E-state index contributed by atoms with van der Waals surface area (Å²) in [4.78, 5) is 25.0. The predicted molar refractivity (Wildman–Crippen MR) is 100 cm³/mol. The van der Waals surface area contributed by atoms with Crippen molar-refractivity contribution in [2.24, 2.45) is 0 Å². The summed E-state index contributed by atoms with van der Waals surface area (Å²) in [6, 6.07) is 11.0. The lowest BCUT2D eigenvalue weighted by atomic mass is 9.78. The topological polar surface area (TPSA) is 58.2 Å². The maximum Gasteiger partial charge on any atom is 0.252 e. The van der Waals surface area contributed by atoms with Crippen LogP contribution in [0.4, 0.5) is 10.1 Å². The molecule has 4 nitrogen and oxygen atoms in total. The molecule has 0 unspecified atom stereocenters. The summed E-state index contributed by atoms with van der Waals surface area (Å²) >= 11 is 6.06. The average Bonchev–Trinajstić information content (AvgIpc) is 3.14. The maximum atomic E-state index is 13.7. The number of anilines is 1. The fourth-order valence-electron chi connectivity index (χ4n) is 3.57. The summed E-state index contributed by atoms with van der Waals surface area (Å²) in [6.45, 7) is 0. The Morgan fingerprint density at radius 2 is 1.85 bits per heavy atom. The summed E-state index contributed by atoms with van der Waals surface area (Å²) in [5.74, 6) is -0.868. The number of carbonyl (C=O) groups excluding carboxylic acids is 2. The van der Waals surface area contributed by atoms with Crippen LogP contribution in [0.25, 0.3) is 0 Å². The number of nitrogens with one attached hydrogen (secondary N) is 2. The normalized spacial score (nSPS) is 15.5. The lowest BCUT2D eigenvalue weighted by Gasteiger charge is -2.28. The summed E-state index contributed by atoms with van der Waals surface area (Å²) < 4.78 is 13.7. The number of rotatable bonds is 4. The van der Waals surface area contributed by atoms with Crippen molar-refractivity contribution in [1.29, 1.82) is 0 Å². The van der Waals surface area contributed by atoms with E-state index in [9.17, 15) is 14.0 Å². The molecule has 0 atom stereocenters. The summed E-state index contributed by atoms with van der Waals surface area (Å²) in [7, 11) is 1.52. The lowest BCUT2D eigenvalue weighted by molar-refractivity contribution is -0.121. The van der Waals surface area contributed by atoms with Crippen LogP contribution in [0.1, 0.15) is 41.6 Å². The lowest BCUT2D eigenvalue weighted by Crippen LogP contribution is -2.38. The third-order valence-electron chi connectivity index (χ3n) is 4.96. The zero-order chi connectivity index (χ0) is 18.7. The van der Waals surface area contributed by atoms with Gasteiger partial charge in [0.25, 0.3) is 5.91 Å². The molecule has 3 rings (SSSR count). The molecule has 1 aliphatic rings. The first-order chi connectivity index (χ1) is 12.5. The minimum absolute atomic E-state index is 0.189. The Hall–Kier alpha value is -2.40. The Morgan fingerprint density at radius 3 is 2.50 bits per heavy atom. The highest BCUT2D eigenvalue weighted by molar-refractivity contribution is 6.34. The Balaban J connectivity index is 1.91. The quantitative estimate of drug-likeness (QED) is 0.838. The monoisotopic (exact) mass is 374 g/mol. The molecule has 2 aromatic carbocycles. The van der Waals surface area contributed by atoms with E-state index < -0.39 is 5.41 Å². The first kappa shape index (κ1) is 18.4. The van der Waals surface area contributed by atoms with Crippen molar-refractivity contribution >= 4 is 29.1 Å². The SMILES string of the molecule is CNC(=O)c1cc(NC(=O)C2(c3cccc(F)c3)CCCC2)ccc1Cl. The molecule has 0 bridgehead atoms. The van der Waals surface area contributed by atoms with E-state index in [0.29, 0.717) is 29.1 Å². The molecule has 0 radical (unpaired) electrons. The summed E-state index contributed by atoms with van der Waals surface area (Å²) in [5, 5.41) is 5.72. The van der Waals surface area contributed by atoms with Gasteiger partial charge in [-0.1, -0.05) is 36.6 Å². The number of hydrogen-bond donors (Lipinski definition) is 2. The van der Waals surface area contributed by atoms with Crippen LogP contribution in [0.3, 0.4) is 0 Å². The smallest absolute Gasteiger partial charge is 0.252 e. The van der Waals surface area contributed by atoms with Crippen LogP contribution in [-0.2, 0) is 10.2 Å². The van der Waals surface area contributed by atoms with E-state index in [-0.39, 0.29) is 23.2 Å².